The minimum atomic E-state index is -0.954. The third-order valence-corrected chi connectivity index (χ3v) is 5.23. The highest BCUT2D eigenvalue weighted by Crippen LogP contribution is 2.26. The van der Waals surface area contributed by atoms with Gasteiger partial charge in [-0.25, -0.2) is 8.78 Å². The number of thiocarbonyl (C=S) groups is 1. The van der Waals surface area contributed by atoms with E-state index >= 15 is 0 Å². The Balaban J connectivity index is 1.63. The fourth-order valence-electron chi connectivity index (χ4n) is 3.23. The van der Waals surface area contributed by atoms with E-state index in [1.54, 1.807) is 6.07 Å². The normalized spacial score (nSPS) is 15.1. The first-order valence-corrected chi connectivity index (χ1v) is 9.92. The minimum Gasteiger partial charge on any atom is -0.375 e. The first-order valence-electron chi connectivity index (χ1n) is 9.14. The molecule has 1 saturated heterocycles. The number of halogens is 3. The van der Waals surface area contributed by atoms with Crippen LogP contribution in [-0.4, -0.2) is 42.4 Å². The summed E-state index contributed by atoms with van der Waals surface area (Å²) in [5, 5.41) is 4.37. The van der Waals surface area contributed by atoms with E-state index in [2.05, 4.69) is 27.6 Å². The van der Waals surface area contributed by atoms with E-state index < -0.39 is 11.6 Å². The number of aryl methyl sites for hydroxylation is 1. The maximum absolute atomic E-state index is 14.6. The van der Waals surface area contributed by atoms with Crippen LogP contribution in [0.15, 0.2) is 35.4 Å². The number of nitrogens with one attached hydrogen (secondary N) is 1. The predicted molar refractivity (Wildman–Crippen MR) is 118 cm³/mol. The zero-order valence-electron chi connectivity index (χ0n) is 16.0. The predicted octanol–water partition coefficient (Wildman–Crippen LogP) is 3.42. The van der Waals surface area contributed by atoms with Crippen molar-refractivity contribution in [1.29, 1.82) is 0 Å². The second kappa shape index (κ2) is 9.47. The number of anilines is 1. The molecular weight excluding hydrogens is 416 g/mol. The lowest BCUT2D eigenvalue weighted by Gasteiger charge is -2.36. The van der Waals surface area contributed by atoms with E-state index in [0.29, 0.717) is 13.1 Å². The monoisotopic (exact) mass is 437 g/mol. The van der Waals surface area contributed by atoms with Gasteiger partial charge >= 0.3 is 0 Å². The van der Waals surface area contributed by atoms with Gasteiger partial charge in [0, 0.05) is 43.3 Å². The van der Waals surface area contributed by atoms with Gasteiger partial charge in [-0.05, 0) is 48.5 Å². The summed E-state index contributed by atoms with van der Waals surface area (Å²) >= 11 is 10.9. The molecule has 0 bridgehead atoms. The Labute approximate surface area is 179 Å². The Hall–Kier alpha value is -2.29. The Kier molecular flexibility index (Phi) is 7.00. The summed E-state index contributed by atoms with van der Waals surface area (Å²) in [4.78, 5) is 4.10. The van der Waals surface area contributed by atoms with E-state index in [-0.39, 0.29) is 16.4 Å². The van der Waals surface area contributed by atoms with E-state index in [1.165, 1.54) is 6.07 Å². The van der Waals surface area contributed by atoms with Crippen LogP contribution in [0, 0.1) is 18.6 Å². The van der Waals surface area contributed by atoms with Gasteiger partial charge in [0.1, 0.15) is 0 Å². The summed E-state index contributed by atoms with van der Waals surface area (Å²) in [6, 6.07) is 9.07. The molecule has 2 aromatic carbocycles. The van der Waals surface area contributed by atoms with Crippen molar-refractivity contribution < 1.29 is 8.78 Å². The molecule has 1 aliphatic heterocycles. The van der Waals surface area contributed by atoms with Gasteiger partial charge in [0.05, 0.1) is 11.9 Å². The summed E-state index contributed by atoms with van der Waals surface area (Å²) in [7, 11) is 0. The number of hydrogen-bond donors (Lipinski definition) is 2. The molecule has 5 nitrogen and oxygen atoms in total. The van der Waals surface area contributed by atoms with Gasteiger partial charge in [0.25, 0.3) is 0 Å². The molecule has 3 rings (SSSR count). The van der Waals surface area contributed by atoms with Gasteiger partial charge in [-0.15, -0.1) is 0 Å². The van der Waals surface area contributed by atoms with Crippen molar-refractivity contribution in [3.8, 4) is 0 Å². The number of benzene rings is 2. The topological polar surface area (TPSA) is 56.9 Å². The smallest absolute Gasteiger partial charge is 0.184 e. The lowest BCUT2D eigenvalue weighted by Crippen LogP contribution is -2.46. The van der Waals surface area contributed by atoms with Crippen molar-refractivity contribution in [2.24, 2.45) is 10.8 Å². The highest BCUT2D eigenvalue weighted by atomic mass is 35.5. The van der Waals surface area contributed by atoms with E-state index in [0.717, 1.165) is 42.0 Å². The van der Waals surface area contributed by atoms with Gasteiger partial charge in [0.15, 0.2) is 16.7 Å². The van der Waals surface area contributed by atoms with Crippen LogP contribution in [0.5, 0.6) is 0 Å². The Morgan fingerprint density at radius 2 is 1.93 bits per heavy atom. The molecular formula is C20H22ClF2N5S. The first kappa shape index (κ1) is 21.4. The maximum atomic E-state index is 14.6. The van der Waals surface area contributed by atoms with E-state index in [4.69, 9.17) is 17.3 Å². The number of hydrazone groups is 1. The summed E-state index contributed by atoms with van der Waals surface area (Å²) in [5.74, 6) is -1.84. The van der Waals surface area contributed by atoms with E-state index in [1.807, 2.05) is 30.0 Å². The molecule has 0 spiro atoms. The Morgan fingerprint density at radius 1 is 1.21 bits per heavy atom. The molecule has 0 aromatic heterocycles. The average Bonchev–Trinajstić information content (AvgIpc) is 2.68. The third kappa shape index (κ3) is 5.41. The van der Waals surface area contributed by atoms with Gasteiger partial charge in [-0.2, -0.15) is 5.10 Å². The SMILES string of the molecule is Cc1ccc(CN2CCN(c3ccc(/C=N/NC(N)=S)c(F)c3F)CC2)c(Cl)c1. The zero-order valence-corrected chi connectivity index (χ0v) is 17.5. The van der Waals surface area contributed by atoms with Crippen molar-refractivity contribution >= 4 is 40.8 Å². The zero-order chi connectivity index (χ0) is 21.0. The number of rotatable bonds is 5. The summed E-state index contributed by atoms with van der Waals surface area (Å²) in [5.41, 5.74) is 10.0. The highest BCUT2D eigenvalue weighted by molar-refractivity contribution is 7.80. The summed E-state index contributed by atoms with van der Waals surface area (Å²) in [6.45, 7) is 5.38. The molecule has 0 radical (unpaired) electrons. The lowest BCUT2D eigenvalue weighted by atomic mass is 10.1. The molecule has 9 heteroatoms. The van der Waals surface area contributed by atoms with Crippen molar-refractivity contribution in [2.45, 2.75) is 13.5 Å². The van der Waals surface area contributed by atoms with Crippen LogP contribution in [0.4, 0.5) is 14.5 Å². The van der Waals surface area contributed by atoms with Gasteiger partial charge in [-0.3, -0.25) is 10.3 Å². The van der Waals surface area contributed by atoms with Gasteiger partial charge in [-0.1, -0.05) is 23.7 Å². The molecule has 0 aliphatic carbocycles. The molecule has 3 N–H and O–H groups in total. The lowest BCUT2D eigenvalue weighted by molar-refractivity contribution is 0.249. The highest BCUT2D eigenvalue weighted by Gasteiger charge is 2.22. The summed E-state index contributed by atoms with van der Waals surface area (Å²) < 4.78 is 29.0. The quantitative estimate of drug-likeness (QED) is 0.426. The number of piperazine rings is 1. The molecule has 29 heavy (non-hydrogen) atoms. The van der Waals surface area contributed by atoms with Gasteiger partial charge < -0.3 is 10.6 Å². The third-order valence-electron chi connectivity index (χ3n) is 4.79. The second-order valence-corrected chi connectivity index (χ2v) is 7.74. The number of hydrogen-bond acceptors (Lipinski definition) is 4. The van der Waals surface area contributed by atoms with Crippen molar-refractivity contribution in [3.63, 3.8) is 0 Å². The van der Waals surface area contributed by atoms with Gasteiger partial charge in [0.2, 0.25) is 0 Å². The van der Waals surface area contributed by atoms with Crippen LogP contribution >= 0.6 is 23.8 Å². The van der Waals surface area contributed by atoms with Crippen molar-refractivity contribution in [2.75, 3.05) is 31.1 Å². The first-order chi connectivity index (χ1) is 13.8. The molecule has 0 amide bonds. The van der Waals surface area contributed by atoms with E-state index in [9.17, 15) is 8.78 Å². The fourth-order valence-corrected chi connectivity index (χ4v) is 3.58. The standard InChI is InChI=1S/C20H22ClF2N5S/c1-13-2-3-15(16(21)10-13)12-27-6-8-28(9-7-27)17-5-4-14(18(22)19(17)23)11-25-26-20(24)29/h2-5,10-11H,6-9,12H2,1H3,(H3,24,26,29)/b25-11+. The van der Waals surface area contributed by atoms with Crippen LogP contribution in [0.2, 0.25) is 5.02 Å². The Morgan fingerprint density at radius 3 is 2.59 bits per heavy atom. The maximum Gasteiger partial charge on any atom is 0.184 e. The second-order valence-electron chi connectivity index (χ2n) is 6.89. The number of nitrogens with two attached hydrogens (primary N) is 1. The summed E-state index contributed by atoms with van der Waals surface area (Å²) in [6.07, 6.45) is 1.14. The Bertz CT molecular complexity index is 929. The minimum absolute atomic E-state index is 0.0163. The van der Waals surface area contributed by atoms with Crippen LogP contribution < -0.4 is 16.1 Å². The fraction of sp³-hybridized carbons (Fsp3) is 0.300. The molecule has 0 unspecified atom stereocenters. The molecule has 1 heterocycles. The van der Waals surface area contributed by atoms with Crippen molar-refractivity contribution in [1.82, 2.24) is 10.3 Å². The molecule has 0 saturated carbocycles. The van der Waals surface area contributed by atoms with Crippen LogP contribution in [-0.2, 0) is 6.54 Å². The van der Waals surface area contributed by atoms with Crippen LogP contribution in [0.1, 0.15) is 16.7 Å². The average molecular weight is 438 g/mol. The van der Waals surface area contributed by atoms with Crippen LogP contribution in [0.25, 0.3) is 0 Å². The molecule has 1 fully saturated rings. The molecule has 0 atom stereocenters. The largest absolute Gasteiger partial charge is 0.375 e. The molecule has 2 aromatic rings. The van der Waals surface area contributed by atoms with Crippen molar-refractivity contribution in [3.05, 3.63) is 63.7 Å². The molecule has 1 aliphatic rings. The number of nitrogens with zero attached hydrogens (tertiary/aromatic N) is 3. The van der Waals surface area contributed by atoms with Crippen LogP contribution in [0.3, 0.4) is 0 Å². The molecule has 154 valence electrons.